The van der Waals surface area contributed by atoms with Crippen LogP contribution in [0.15, 0.2) is 41.1 Å². The lowest BCUT2D eigenvalue weighted by atomic mass is 9.96. The minimum absolute atomic E-state index is 0.0565. The number of piperidine rings is 1. The highest BCUT2D eigenvalue weighted by Crippen LogP contribution is 2.33. The predicted octanol–water partition coefficient (Wildman–Crippen LogP) is 5.08. The van der Waals surface area contributed by atoms with Gasteiger partial charge in [0.15, 0.2) is 5.82 Å². The van der Waals surface area contributed by atoms with Crippen LogP contribution in [0.1, 0.15) is 31.4 Å². The summed E-state index contributed by atoms with van der Waals surface area (Å²) in [7, 11) is 0. The minimum Gasteiger partial charge on any atom is -0.481 e. The zero-order chi connectivity index (χ0) is 22.0. The SMILES string of the molecule is O=C(O)C1CCN(c2nc(CCCC(F)(F)F)cnc2-c2ccc3occc3c2)CC1. The van der Waals surface area contributed by atoms with Gasteiger partial charge in [-0.25, -0.2) is 4.98 Å². The molecular formula is C22H22F3N3O3. The van der Waals surface area contributed by atoms with Crippen molar-refractivity contribution in [3.05, 3.63) is 42.4 Å². The quantitative estimate of drug-likeness (QED) is 0.584. The van der Waals surface area contributed by atoms with Crippen molar-refractivity contribution >= 4 is 22.8 Å². The fourth-order valence-corrected chi connectivity index (χ4v) is 3.88. The van der Waals surface area contributed by atoms with Crippen molar-refractivity contribution in [2.75, 3.05) is 18.0 Å². The number of aromatic nitrogens is 2. The van der Waals surface area contributed by atoms with Gasteiger partial charge in [-0.1, -0.05) is 0 Å². The number of rotatable bonds is 6. The van der Waals surface area contributed by atoms with E-state index in [0.29, 0.717) is 43.1 Å². The molecule has 0 aliphatic carbocycles. The largest absolute Gasteiger partial charge is 0.481 e. The molecule has 6 nitrogen and oxygen atoms in total. The van der Waals surface area contributed by atoms with Crippen molar-refractivity contribution in [3.63, 3.8) is 0 Å². The van der Waals surface area contributed by atoms with Gasteiger partial charge < -0.3 is 14.4 Å². The third-order valence-corrected chi connectivity index (χ3v) is 5.57. The maximum Gasteiger partial charge on any atom is 0.389 e. The molecule has 1 aliphatic rings. The molecule has 0 unspecified atom stereocenters. The van der Waals surface area contributed by atoms with Crippen LogP contribution in [0.2, 0.25) is 0 Å². The number of aryl methyl sites for hydroxylation is 1. The summed E-state index contributed by atoms with van der Waals surface area (Å²) in [5, 5.41) is 10.2. The van der Waals surface area contributed by atoms with Crippen LogP contribution in [0.5, 0.6) is 0 Å². The van der Waals surface area contributed by atoms with Crippen LogP contribution < -0.4 is 4.90 Å². The molecule has 2 aromatic heterocycles. The predicted molar refractivity (Wildman–Crippen MR) is 109 cm³/mol. The van der Waals surface area contributed by atoms with E-state index >= 15 is 0 Å². The molecule has 1 aliphatic heterocycles. The number of halogens is 3. The van der Waals surface area contributed by atoms with E-state index in [1.165, 1.54) is 6.20 Å². The standard InChI is InChI=1S/C22H22F3N3O3/c23-22(24,25)8-1-2-17-13-26-19(16-3-4-18-15(12-16)7-11-31-18)20(27-17)28-9-5-14(6-10-28)21(29)30/h3-4,7,11-14H,1-2,5-6,8-10H2,(H,29,30). The van der Waals surface area contributed by atoms with Crippen molar-refractivity contribution in [2.45, 2.75) is 38.3 Å². The highest BCUT2D eigenvalue weighted by molar-refractivity contribution is 5.85. The van der Waals surface area contributed by atoms with Crippen LogP contribution in [0.3, 0.4) is 0 Å². The molecular weight excluding hydrogens is 411 g/mol. The maximum atomic E-state index is 12.5. The molecule has 31 heavy (non-hydrogen) atoms. The Labute approximate surface area is 176 Å². The molecule has 3 heterocycles. The second kappa shape index (κ2) is 8.56. The van der Waals surface area contributed by atoms with E-state index in [2.05, 4.69) is 9.97 Å². The molecule has 1 fully saturated rings. The average Bonchev–Trinajstić information content (AvgIpc) is 3.21. The van der Waals surface area contributed by atoms with Crippen LogP contribution >= 0.6 is 0 Å². The molecule has 164 valence electrons. The molecule has 1 N–H and O–H groups in total. The normalized spacial score (nSPS) is 15.5. The third-order valence-electron chi connectivity index (χ3n) is 5.57. The number of carbonyl (C=O) groups is 1. The lowest BCUT2D eigenvalue weighted by molar-refractivity contribution is -0.142. The molecule has 0 spiro atoms. The van der Waals surface area contributed by atoms with Gasteiger partial charge in [-0.2, -0.15) is 13.2 Å². The van der Waals surface area contributed by atoms with Crippen LogP contribution in [0.4, 0.5) is 19.0 Å². The maximum absolute atomic E-state index is 12.5. The van der Waals surface area contributed by atoms with Crippen molar-refractivity contribution in [1.29, 1.82) is 0 Å². The topological polar surface area (TPSA) is 79.5 Å². The fourth-order valence-electron chi connectivity index (χ4n) is 3.88. The summed E-state index contributed by atoms with van der Waals surface area (Å²) < 4.78 is 42.9. The van der Waals surface area contributed by atoms with E-state index in [-0.39, 0.29) is 12.8 Å². The van der Waals surface area contributed by atoms with Crippen LogP contribution in [0.25, 0.3) is 22.2 Å². The van der Waals surface area contributed by atoms with Gasteiger partial charge in [0.2, 0.25) is 0 Å². The molecule has 0 atom stereocenters. The Morgan fingerprint density at radius 1 is 1.23 bits per heavy atom. The number of hydrogen-bond donors (Lipinski definition) is 1. The second-order valence-electron chi connectivity index (χ2n) is 7.78. The van der Waals surface area contributed by atoms with Gasteiger partial charge in [0.05, 0.1) is 17.9 Å². The van der Waals surface area contributed by atoms with E-state index in [0.717, 1.165) is 16.5 Å². The van der Waals surface area contributed by atoms with Gasteiger partial charge in [-0.05, 0) is 49.9 Å². The molecule has 1 aromatic carbocycles. The van der Waals surface area contributed by atoms with Gasteiger partial charge in [-0.3, -0.25) is 9.78 Å². The number of aliphatic carboxylic acids is 1. The number of furan rings is 1. The van der Waals surface area contributed by atoms with Crippen molar-refractivity contribution in [2.24, 2.45) is 5.92 Å². The van der Waals surface area contributed by atoms with Gasteiger partial charge in [0.25, 0.3) is 0 Å². The summed E-state index contributed by atoms with van der Waals surface area (Å²) in [6.45, 7) is 0.997. The number of alkyl halides is 3. The fraction of sp³-hybridized carbons (Fsp3) is 0.409. The number of fused-ring (bicyclic) bond motifs is 1. The molecule has 3 aromatic rings. The summed E-state index contributed by atoms with van der Waals surface area (Å²) in [6, 6.07) is 7.48. The van der Waals surface area contributed by atoms with Gasteiger partial charge in [0, 0.05) is 36.7 Å². The number of nitrogens with zero attached hydrogens (tertiary/aromatic N) is 3. The van der Waals surface area contributed by atoms with Crippen LogP contribution in [0, 0.1) is 5.92 Å². The van der Waals surface area contributed by atoms with Crippen molar-refractivity contribution < 1.29 is 27.5 Å². The van der Waals surface area contributed by atoms with Crippen molar-refractivity contribution in [3.8, 4) is 11.3 Å². The first-order valence-corrected chi connectivity index (χ1v) is 10.2. The molecule has 0 amide bonds. The summed E-state index contributed by atoms with van der Waals surface area (Å²) in [5.74, 6) is -0.627. The molecule has 9 heteroatoms. The zero-order valence-corrected chi connectivity index (χ0v) is 16.7. The average molecular weight is 433 g/mol. The Morgan fingerprint density at radius 3 is 2.71 bits per heavy atom. The molecule has 0 bridgehead atoms. The van der Waals surface area contributed by atoms with E-state index in [1.807, 2.05) is 29.2 Å². The summed E-state index contributed by atoms with van der Waals surface area (Å²) in [4.78, 5) is 22.5. The van der Waals surface area contributed by atoms with E-state index in [1.54, 1.807) is 6.26 Å². The Hall–Kier alpha value is -3.10. The van der Waals surface area contributed by atoms with E-state index < -0.39 is 24.5 Å². The number of carboxylic acid groups (broad SMARTS) is 1. The summed E-state index contributed by atoms with van der Waals surface area (Å²) in [6.07, 6.45) is -0.863. The lowest BCUT2D eigenvalue weighted by Crippen LogP contribution is -2.37. The number of hydrogen-bond acceptors (Lipinski definition) is 5. The van der Waals surface area contributed by atoms with Gasteiger partial charge in [-0.15, -0.1) is 0 Å². The third kappa shape index (κ3) is 4.98. The number of anilines is 1. The molecule has 0 saturated carbocycles. The van der Waals surface area contributed by atoms with E-state index in [9.17, 15) is 23.1 Å². The van der Waals surface area contributed by atoms with E-state index in [4.69, 9.17) is 4.42 Å². The Morgan fingerprint density at radius 2 is 2.00 bits per heavy atom. The smallest absolute Gasteiger partial charge is 0.389 e. The molecule has 0 radical (unpaired) electrons. The molecule has 4 rings (SSSR count). The monoisotopic (exact) mass is 433 g/mol. The molecule has 1 saturated heterocycles. The highest BCUT2D eigenvalue weighted by Gasteiger charge is 2.28. The zero-order valence-electron chi connectivity index (χ0n) is 16.7. The minimum atomic E-state index is -4.20. The highest BCUT2D eigenvalue weighted by atomic mass is 19.4. The van der Waals surface area contributed by atoms with Gasteiger partial charge in [0.1, 0.15) is 11.3 Å². The summed E-state index contributed by atoms with van der Waals surface area (Å²) in [5.41, 5.74) is 2.67. The second-order valence-corrected chi connectivity index (χ2v) is 7.78. The first-order chi connectivity index (χ1) is 14.8. The lowest BCUT2D eigenvalue weighted by Gasteiger charge is -2.32. The Balaban J connectivity index is 1.64. The Bertz CT molecular complexity index is 1070. The van der Waals surface area contributed by atoms with Crippen LogP contribution in [-0.4, -0.2) is 40.3 Å². The Kier molecular flexibility index (Phi) is 5.84. The first kappa shape index (κ1) is 21.1. The van der Waals surface area contributed by atoms with Crippen LogP contribution in [-0.2, 0) is 11.2 Å². The number of benzene rings is 1. The first-order valence-electron chi connectivity index (χ1n) is 10.2. The van der Waals surface area contributed by atoms with Crippen molar-refractivity contribution in [1.82, 2.24) is 9.97 Å². The number of carboxylic acids is 1. The summed E-state index contributed by atoms with van der Waals surface area (Å²) >= 11 is 0. The van der Waals surface area contributed by atoms with Gasteiger partial charge >= 0.3 is 12.1 Å².